The monoisotopic (exact) mass is 385 g/mol. The number of hydrogen-bond acceptors (Lipinski definition) is 5. The Morgan fingerprint density at radius 2 is 1.92 bits per heavy atom. The average molecular weight is 385 g/mol. The van der Waals surface area contributed by atoms with Gasteiger partial charge in [0, 0.05) is 6.54 Å². The summed E-state index contributed by atoms with van der Waals surface area (Å²) < 4.78 is 65.7. The maximum Gasteiger partial charge on any atom is 0.416 e. The van der Waals surface area contributed by atoms with Crippen LogP contribution in [0.15, 0.2) is 47.4 Å². The summed E-state index contributed by atoms with van der Waals surface area (Å²) in [6, 6.07) is 10.1. The quantitative estimate of drug-likeness (QED) is 0.744. The lowest BCUT2D eigenvalue weighted by atomic mass is 10.2. The molecule has 0 bridgehead atoms. The molecule has 2 rings (SSSR count). The van der Waals surface area contributed by atoms with E-state index in [1.165, 1.54) is 24.3 Å². The van der Waals surface area contributed by atoms with Crippen molar-refractivity contribution in [1.82, 2.24) is 0 Å². The Morgan fingerprint density at radius 3 is 2.54 bits per heavy atom. The summed E-state index contributed by atoms with van der Waals surface area (Å²) in [5, 5.41) is 16.9. The fraction of sp³-hybridized carbons (Fsp3) is 0.188. The third kappa shape index (κ3) is 5.11. The van der Waals surface area contributed by atoms with Gasteiger partial charge < -0.3 is 10.1 Å². The van der Waals surface area contributed by atoms with Crippen LogP contribution >= 0.6 is 0 Å². The van der Waals surface area contributed by atoms with Gasteiger partial charge in [-0.05, 0) is 36.4 Å². The predicted octanol–water partition coefficient (Wildman–Crippen LogP) is 2.72. The highest BCUT2D eigenvalue weighted by Gasteiger charge is 2.30. The first kappa shape index (κ1) is 19.6. The van der Waals surface area contributed by atoms with Gasteiger partial charge in [-0.25, -0.2) is 13.6 Å². The van der Waals surface area contributed by atoms with Gasteiger partial charge in [0.1, 0.15) is 18.4 Å². The van der Waals surface area contributed by atoms with Gasteiger partial charge >= 0.3 is 6.18 Å². The highest BCUT2D eigenvalue weighted by Crippen LogP contribution is 2.31. The Bertz CT molecular complexity index is 938. The largest absolute Gasteiger partial charge is 0.492 e. The van der Waals surface area contributed by atoms with Crippen molar-refractivity contribution in [3.8, 4) is 11.8 Å². The second-order valence-corrected chi connectivity index (χ2v) is 6.73. The maximum atomic E-state index is 12.6. The smallest absolute Gasteiger partial charge is 0.416 e. The van der Waals surface area contributed by atoms with Crippen molar-refractivity contribution < 1.29 is 26.3 Å². The van der Waals surface area contributed by atoms with Gasteiger partial charge in [-0.3, -0.25) is 0 Å². The van der Waals surface area contributed by atoms with E-state index in [0.717, 1.165) is 18.2 Å². The van der Waals surface area contributed by atoms with E-state index in [1.54, 1.807) is 0 Å². The number of halogens is 3. The summed E-state index contributed by atoms with van der Waals surface area (Å²) in [6.07, 6.45) is -4.45. The molecule has 0 aliphatic carbocycles. The molecule has 0 spiro atoms. The summed E-state index contributed by atoms with van der Waals surface area (Å²) in [5.74, 6) is 0.0618. The number of rotatable bonds is 6. The van der Waals surface area contributed by atoms with E-state index in [1.807, 2.05) is 6.07 Å². The van der Waals surface area contributed by atoms with E-state index in [2.05, 4.69) is 5.32 Å². The number of anilines is 1. The number of primary sulfonamides is 1. The molecule has 6 nitrogen and oxygen atoms in total. The number of alkyl halides is 3. The van der Waals surface area contributed by atoms with E-state index < -0.39 is 21.8 Å². The van der Waals surface area contributed by atoms with Crippen molar-refractivity contribution in [2.24, 2.45) is 5.14 Å². The molecule has 138 valence electrons. The van der Waals surface area contributed by atoms with Crippen molar-refractivity contribution in [2.75, 3.05) is 18.5 Å². The van der Waals surface area contributed by atoms with Crippen LogP contribution in [0.4, 0.5) is 18.9 Å². The predicted molar refractivity (Wildman–Crippen MR) is 88.0 cm³/mol. The molecule has 0 amide bonds. The molecule has 0 aliphatic heterocycles. The summed E-state index contributed by atoms with van der Waals surface area (Å²) >= 11 is 0. The topological polar surface area (TPSA) is 105 Å². The zero-order chi connectivity index (χ0) is 19.4. The molecule has 10 heteroatoms. The molecule has 0 radical (unpaired) electrons. The molecule has 0 saturated carbocycles. The lowest BCUT2D eigenvalue weighted by Crippen LogP contribution is -2.15. The van der Waals surface area contributed by atoms with Crippen LogP contribution in [0.25, 0.3) is 0 Å². The number of ether oxygens (including phenoxy) is 1. The van der Waals surface area contributed by atoms with Crippen LogP contribution in [-0.4, -0.2) is 21.6 Å². The molecule has 3 N–H and O–H groups in total. The number of nitriles is 1. The van der Waals surface area contributed by atoms with Crippen molar-refractivity contribution in [1.29, 1.82) is 5.26 Å². The van der Waals surface area contributed by atoms with Gasteiger partial charge in [0.2, 0.25) is 10.0 Å². The molecule has 0 aliphatic rings. The zero-order valence-electron chi connectivity index (χ0n) is 13.2. The average Bonchev–Trinajstić information content (AvgIpc) is 2.57. The second kappa shape index (κ2) is 7.63. The van der Waals surface area contributed by atoms with Crippen molar-refractivity contribution in [3.63, 3.8) is 0 Å². The lowest BCUT2D eigenvalue weighted by molar-refractivity contribution is -0.137. The number of nitrogens with zero attached hydrogens (tertiary/aromatic N) is 1. The minimum Gasteiger partial charge on any atom is -0.492 e. The fourth-order valence-electron chi connectivity index (χ4n) is 2.06. The van der Waals surface area contributed by atoms with Gasteiger partial charge in [-0.15, -0.1) is 0 Å². The number of sulfonamides is 1. The van der Waals surface area contributed by atoms with Crippen LogP contribution in [0.3, 0.4) is 0 Å². The van der Waals surface area contributed by atoms with Gasteiger partial charge in [0.15, 0.2) is 0 Å². The molecule has 2 aromatic carbocycles. The molecule has 0 saturated heterocycles. The summed E-state index contributed by atoms with van der Waals surface area (Å²) in [7, 11) is -3.93. The highest BCUT2D eigenvalue weighted by molar-refractivity contribution is 7.89. The number of nitrogens with two attached hydrogens (primary N) is 1. The standard InChI is InChI=1S/C16H14F3N3O3S/c17-16(18,19)12-2-1-3-13(9-12)25-7-6-22-15-5-4-14(26(21,23)24)8-11(15)10-20/h1-5,8-9,22H,6-7H2,(H2,21,23,24). The fourth-order valence-corrected chi connectivity index (χ4v) is 2.60. The van der Waals surface area contributed by atoms with Crippen molar-refractivity contribution in [3.05, 3.63) is 53.6 Å². The van der Waals surface area contributed by atoms with Crippen LogP contribution in [0.5, 0.6) is 5.75 Å². The van der Waals surface area contributed by atoms with Crippen LogP contribution in [0.2, 0.25) is 0 Å². The van der Waals surface area contributed by atoms with Crippen LogP contribution in [0.1, 0.15) is 11.1 Å². The Morgan fingerprint density at radius 1 is 1.19 bits per heavy atom. The summed E-state index contributed by atoms with van der Waals surface area (Å²) in [6.45, 7) is 0.211. The van der Waals surface area contributed by atoms with Crippen LogP contribution in [0, 0.1) is 11.3 Å². The Kier molecular flexibility index (Phi) is 5.74. The van der Waals surface area contributed by atoms with E-state index >= 15 is 0 Å². The van der Waals surface area contributed by atoms with Crippen molar-refractivity contribution in [2.45, 2.75) is 11.1 Å². The lowest BCUT2D eigenvalue weighted by Gasteiger charge is -2.12. The molecule has 2 aromatic rings. The molecule has 0 atom stereocenters. The first-order valence-electron chi connectivity index (χ1n) is 7.22. The van der Waals surface area contributed by atoms with Gasteiger partial charge in [-0.2, -0.15) is 18.4 Å². The molecular weight excluding hydrogens is 371 g/mol. The van der Waals surface area contributed by atoms with E-state index in [0.29, 0.717) is 5.69 Å². The van der Waals surface area contributed by atoms with Crippen LogP contribution in [-0.2, 0) is 16.2 Å². The third-order valence-electron chi connectivity index (χ3n) is 3.29. The summed E-state index contributed by atoms with van der Waals surface area (Å²) in [4.78, 5) is -0.195. The third-order valence-corrected chi connectivity index (χ3v) is 4.20. The molecule has 0 unspecified atom stereocenters. The zero-order valence-corrected chi connectivity index (χ0v) is 14.1. The first-order chi connectivity index (χ1) is 12.1. The summed E-state index contributed by atoms with van der Waals surface area (Å²) in [5.41, 5.74) is -0.392. The minimum absolute atomic E-state index is 0.0309. The van der Waals surface area contributed by atoms with Gasteiger partial charge in [0.05, 0.1) is 21.7 Å². The molecular formula is C16H14F3N3O3S. The Balaban J connectivity index is 1.98. The number of nitrogens with one attached hydrogen (secondary N) is 1. The highest BCUT2D eigenvalue weighted by atomic mass is 32.2. The Hall–Kier alpha value is -2.77. The number of hydrogen-bond donors (Lipinski definition) is 2. The molecule has 0 aromatic heterocycles. The van der Waals surface area contributed by atoms with Crippen LogP contribution < -0.4 is 15.2 Å². The first-order valence-corrected chi connectivity index (χ1v) is 8.77. The second-order valence-electron chi connectivity index (χ2n) is 5.17. The van der Waals surface area contributed by atoms with E-state index in [9.17, 15) is 21.6 Å². The van der Waals surface area contributed by atoms with E-state index in [4.69, 9.17) is 15.1 Å². The Labute approximate surface area is 148 Å². The van der Waals surface area contributed by atoms with Gasteiger partial charge in [0.25, 0.3) is 0 Å². The number of benzene rings is 2. The SMILES string of the molecule is N#Cc1cc(S(N)(=O)=O)ccc1NCCOc1cccc(C(F)(F)F)c1. The normalized spacial score (nSPS) is 11.7. The molecule has 0 fully saturated rings. The molecule has 0 heterocycles. The molecule has 26 heavy (non-hydrogen) atoms. The van der Waals surface area contributed by atoms with E-state index in [-0.39, 0.29) is 29.4 Å². The minimum atomic E-state index is -4.45. The van der Waals surface area contributed by atoms with Gasteiger partial charge in [-0.1, -0.05) is 6.07 Å². The van der Waals surface area contributed by atoms with Crippen molar-refractivity contribution >= 4 is 15.7 Å². The maximum absolute atomic E-state index is 12.6.